The van der Waals surface area contributed by atoms with Crippen molar-refractivity contribution in [2.45, 2.75) is 10.1 Å². The molecule has 0 fully saturated rings. The van der Waals surface area contributed by atoms with Crippen LogP contribution in [0.25, 0.3) is 0 Å². The predicted octanol–water partition coefficient (Wildman–Crippen LogP) is 1.07. The number of nitrogens with two attached hydrogens (primary N) is 3. The van der Waals surface area contributed by atoms with Gasteiger partial charge in [-0.05, 0) is 30.0 Å². The molecule has 0 aliphatic rings. The maximum Gasteiger partial charge on any atom is 0.337 e. The Morgan fingerprint density at radius 2 is 1.74 bits per heavy atom. The van der Waals surface area contributed by atoms with E-state index >= 15 is 0 Å². The lowest BCUT2D eigenvalue weighted by atomic mass is 10.2. The van der Waals surface area contributed by atoms with Gasteiger partial charge in [-0.1, -0.05) is 0 Å². The standard InChI is InChI=1S/C11H11N5O2S/c12-7-2-1-5(3-6(7)10(17)18)19-11-15-8(13)4-9(14)16-11/h1-4H,12H2,(H,17,18)(H4,13,14,15,16). The lowest BCUT2D eigenvalue weighted by molar-refractivity contribution is 0.0698. The minimum Gasteiger partial charge on any atom is -0.478 e. The molecule has 0 spiro atoms. The van der Waals surface area contributed by atoms with Gasteiger partial charge in [0.1, 0.15) is 11.6 Å². The molecular formula is C11H11N5O2S. The molecule has 0 amide bonds. The largest absolute Gasteiger partial charge is 0.478 e. The predicted molar refractivity (Wildman–Crippen MR) is 72.8 cm³/mol. The lowest BCUT2D eigenvalue weighted by Crippen LogP contribution is -2.02. The summed E-state index contributed by atoms with van der Waals surface area (Å²) in [7, 11) is 0. The van der Waals surface area contributed by atoms with Crippen LogP contribution in [0, 0.1) is 0 Å². The monoisotopic (exact) mass is 277 g/mol. The molecule has 0 aliphatic carbocycles. The molecule has 0 atom stereocenters. The van der Waals surface area contributed by atoms with E-state index in [9.17, 15) is 4.79 Å². The van der Waals surface area contributed by atoms with Crippen LogP contribution in [-0.2, 0) is 0 Å². The lowest BCUT2D eigenvalue weighted by Gasteiger charge is -2.05. The van der Waals surface area contributed by atoms with Crippen LogP contribution in [0.5, 0.6) is 0 Å². The van der Waals surface area contributed by atoms with Gasteiger partial charge in [-0.2, -0.15) is 0 Å². The first-order valence-corrected chi connectivity index (χ1v) is 5.98. The fourth-order valence-electron chi connectivity index (χ4n) is 1.40. The van der Waals surface area contributed by atoms with Crippen LogP contribution in [0.15, 0.2) is 34.3 Å². The molecule has 0 unspecified atom stereocenters. The normalized spacial score (nSPS) is 10.3. The number of aromatic nitrogens is 2. The van der Waals surface area contributed by atoms with Crippen LogP contribution in [0.4, 0.5) is 17.3 Å². The summed E-state index contributed by atoms with van der Waals surface area (Å²) < 4.78 is 0. The number of nitrogens with zero attached hydrogens (tertiary/aromatic N) is 2. The van der Waals surface area contributed by atoms with Gasteiger partial charge in [0.15, 0.2) is 5.16 Å². The number of carboxylic acids is 1. The van der Waals surface area contributed by atoms with E-state index in [0.29, 0.717) is 10.1 Å². The highest BCUT2D eigenvalue weighted by Gasteiger charge is 2.10. The van der Waals surface area contributed by atoms with Crippen molar-refractivity contribution in [3.05, 3.63) is 29.8 Å². The van der Waals surface area contributed by atoms with Crippen LogP contribution in [0.2, 0.25) is 0 Å². The zero-order chi connectivity index (χ0) is 14.0. The van der Waals surface area contributed by atoms with Gasteiger partial charge < -0.3 is 22.3 Å². The number of aromatic carboxylic acids is 1. The van der Waals surface area contributed by atoms with Crippen molar-refractivity contribution >= 4 is 35.1 Å². The SMILES string of the molecule is Nc1cc(N)nc(Sc2ccc(N)c(C(=O)O)c2)n1. The summed E-state index contributed by atoms with van der Waals surface area (Å²) in [6.07, 6.45) is 0. The number of hydrogen-bond donors (Lipinski definition) is 4. The van der Waals surface area contributed by atoms with E-state index in [-0.39, 0.29) is 22.9 Å². The summed E-state index contributed by atoms with van der Waals surface area (Å²) in [6.45, 7) is 0. The van der Waals surface area contributed by atoms with Crippen LogP contribution in [-0.4, -0.2) is 21.0 Å². The molecular weight excluding hydrogens is 266 g/mol. The van der Waals surface area contributed by atoms with Crippen molar-refractivity contribution in [3.8, 4) is 0 Å². The number of benzene rings is 1. The highest BCUT2D eigenvalue weighted by Crippen LogP contribution is 2.28. The molecule has 0 saturated heterocycles. The smallest absolute Gasteiger partial charge is 0.337 e. The summed E-state index contributed by atoms with van der Waals surface area (Å²) in [5, 5.41) is 9.33. The minimum absolute atomic E-state index is 0.0295. The number of hydrogen-bond acceptors (Lipinski definition) is 7. The molecule has 7 nitrogen and oxygen atoms in total. The zero-order valence-electron chi connectivity index (χ0n) is 9.70. The first-order chi connectivity index (χ1) is 8.95. The molecule has 0 bridgehead atoms. The van der Waals surface area contributed by atoms with Gasteiger partial charge >= 0.3 is 5.97 Å². The second-order valence-electron chi connectivity index (χ2n) is 3.66. The van der Waals surface area contributed by atoms with E-state index in [1.54, 1.807) is 6.07 Å². The van der Waals surface area contributed by atoms with Gasteiger partial charge in [-0.15, -0.1) is 0 Å². The number of carbonyl (C=O) groups is 1. The first-order valence-electron chi connectivity index (χ1n) is 5.16. The second-order valence-corrected chi connectivity index (χ2v) is 4.70. The molecule has 8 heteroatoms. The van der Waals surface area contributed by atoms with Crippen LogP contribution < -0.4 is 17.2 Å². The van der Waals surface area contributed by atoms with E-state index in [1.807, 2.05) is 0 Å². The second kappa shape index (κ2) is 5.02. The molecule has 98 valence electrons. The molecule has 2 rings (SSSR count). The minimum atomic E-state index is -1.09. The Balaban J connectivity index is 2.33. The third-order valence-corrected chi connectivity index (χ3v) is 3.06. The van der Waals surface area contributed by atoms with Gasteiger partial charge in [0.05, 0.1) is 5.56 Å². The van der Waals surface area contributed by atoms with E-state index in [0.717, 1.165) is 11.8 Å². The molecule has 0 aliphatic heterocycles. The Hall–Kier alpha value is -2.48. The molecule has 1 aromatic carbocycles. The Labute approximate surface area is 112 Å². The maximum atomic E-state index is 11.0. The number of nitrogen functional groups attached to an aromatic ring is 3. The maximum absolute atomic E-state index is 11.0. The average molecular weight is 277 g/mol. The third kappa shape index (κ3) is 3.05. The van der Waals surface area contributed by atoms with E-state index in [4.69, 9.17) is 22.3 Å². The van der Waals surface area contributed by atoms with E-state index in [2.05, 4.69) is 9.97 Å². The Morgan fingerprint density at radius 3 is 2.32 bits per heavy atom. The molecule has 19 heavy (non-hydrogen) atoms. The fraction of sp³-hybridized carbons (Fsp3) is 0. The molecule has 1 aromatic heterocycles. The topological polar surface area (TPSA) is 141 Å². The van der Waals surface area contributed by atoms with Crippen LogP contribution >= 0.6 is 11.8 Å². The fourth-order valence-corrected chi connectivity index (χ4v) is 2.22. The summed E-state index contributed by atoms with van der Waals surface area (Å²) >= 11 is 1.16. The quantitative estimate of drug-likeness (QED) is 0.482. The summed E-state index contributed by atoms with van der Waals surface area (Å²) in [4.78, 5) is 19.6. The first kappa shape index (κ1) is 13.0. The van der Waals surface area contributed by atoms with Crippen LogP contribution in [0.3, 0.4) is 0 Å². The Kier molecular flexibility index (Phi) is 3.43. The van der Waals surface area contributed by atoms with Crippen LogP contribution in [0.1, 0.15) is 10.4 Å². The highest BCUT2D eigenvalue weighted by molar-refractivity contribution is 7.99. The average Bonchev–Trinajstić information content (AvgIpc) is 2.30. The number of carboxylic acid groups (broad SMARTS) is 1. The van der Waals surface area contributed by atoms with E-state index in [1.165, 1.54) is 18.2 Å². The zero-order valence-corrected chi connectivity index (χ0v) is 10.5. The number of anilines is 3. The molecule has 2 aromatic rings. The Morgan fingerprint density at radius 1 is 1.11 bits per heavy atom. The van der Waals surface area contributed by atoms with Crippen molar-refractivity contribution in [2.24, 2.45) is 0 Å². The molecule has 0 saturated carbocycles. The molecule has 0 radical (unpaired) electrons. The third-order valence-electron chi connectivity index (χ3n) is 2.21. The van der Waals surface area contributed by atoms with Crippen molar-refractivity contribution in [2.75, 3.05) is 17.2 Å². The summed E-state index contributed by atoms with van der Waals surface area (Å²) in [6, 6.07) is 6.08. The van der Waals surface area contributed by atoms with E-state index < -0.39 is 5.97 Å². The van der Waals surface area contributed by atoms with Gasteiger partial charge in [0.25, 0.3) is 0 Å². The van der Waals surface area contributed by atoms with Gasteiger partial charge in [-0.25, -0.2) is 14.8 Å². The van der Waals surface area contributed by atoms with Gasteiger partial charge in [-0.3, -0.25) is 0 Å². The Bertz CT molecular complexity index is 627. The summed E-state index contributed by atoms with van der Waals surface area (Å²) in [5.41, 5.74) is 16.9. The van der Waals surface area contributed by atoms with Crippen molar-refractivity contribution < 1.29 is 9.90 Å². The molecule has 7 N–H and O–H groups in total. The van der Waals surface area contributed by atoms with Crippen molar-refractivity contribution in [1.29, 1.82) is 0 Å². The van der Waals surface area contributed by atoms with Crippen molar-refractivity contribution in [1.82, 2.24) is 9.97 Å². The van der Waals surface area contributed by atoms with Crippen molar-refractivity contribution in [3.63, 3.8) is 0 Å². The molecule has 1 heterocycles. The summed E-state index contributed by atoms with van der Waals surface area (Å²) in [5.74, 6) is -0.583. The van der Waals surface area contributed by atoms with Gasteiger partial charge in [0, 0.05) is 16.6 Å². The van der Waals surface area contributed by atoms with Gasteiger partial charge in [0.2, 0.25) is 0 Å². The number of rotatable bonds is 3. The highest BCUT2D eigenvalue weighted by atomic mass is 32.2.